The van der Waals surface area contributed by atoms with Crippen LogP contribution in [0.1, 0.15) is 17.5 Å². The smallest absolute Gasteiger partial charge is 0.326 e. The Balaban J connectivity index is 1.74. The van der Waals surface area contributed by atoms with Gasteiger partial charge in [-0.1, -0.05) is 18.2 Å². The Labute approximate surface area is 153 Å². The van der Waals surface area contributed by atoms with Crippen molar-refractivity contribution in [3.63, 3.8) is 0 Å². The lowest BCUT2D eigenvalue weighted by molar-refractivity contribution is -0.137. The first-order chi connectivity index (χ1) is 12.8. The Morgan fingerprint density at radius 2 is 1.93 bits per heavy atom. The summed E-state index contributed by atoms with van der Waals surface area (Å²) in [6.07, 6.45) is -4.59. The Morgan fingerprint density at radius 1 is 1.19 bits per heavy atom. The number of amides is 2. The molecule has 1 atom stereocenters. The normalized spacial score (nSPS) is 16.9. The number of anilines is 2. The van der Waals surface area contributed by atoms with Crippen LogP contribution in [0.4, 0.5) is 24.5 Å². The van der Waals surface area contributed by atoms with Crippen molar-refractivity contribution < 1.29 is 22.8 Å². The Morgan fingerprint density at radius 3 is 2.63 bits per heavy atom. The maximum Gasteiger partial charge on any atom is 0.416 e. The first-order valence-corrected chi connectivity index (χ1v) is 8.07. The number of hydrogen-bond donors (Lipinski definition) is 1. The van der Waals surface area contributed by atoms with Gasteiger partial charge in [-0.25, -0.2) is 0 Å². The van der Waals surface area contributed by atoms with Gasteiger partial charge < -0.3 is 10.2 Å². The van der Waals surface area contributed by atoms with Crippen LogP contribution in [0, 0.1) is 17.2 Å². The highest BCUT2D eigenvalue weighted by Crippen LogP contribution is 2.32. The van der Waals surface area contributed by atoms with Crippen LogP contribution in [0.5, 0.6) is 0 Å². The van der Waals surface area contributed by atoms with Crippen LogP contribution in [0.3, 0.4) is 0 Å². The predicted octanol–water partition coefficient (Wildman–Crippen LogP) is 3.57. The van der Waals surface area contributed by atoms with E-state index in [9.17, 15) is 22.8 Å². The van der Waals surface area contributed by atoms with Crippen LogP contribution < -0.4 is 10.2 Å². The van der Waals surface area contributed by atoms with Crippen LogP contribution in [0.2, 0.25) is 0 Å². The standard InChI is InChI=1S/C19H14F3N3O2/c20-19(21,22)14-5-3-6-15(9-14)24-18(27)13-8-17(26)25(11-13)16-7-2-1-4-12(16)10-23/h1-7,9,13H,8,11H2,(H,24,27). The zero-order valence-corrected chi connectivity index (χ0v) is 14.0. The number of nitriles is 1. The fraction of sp³-hybridized carbons (Fsp3) is 0.211. The summed E-state index contributed by atoms with van der Waals surface area (Å²) in [6, 6.07) is 12.8. The third-order valence-corrected chi connectivity index (χ3v) is 4.27. The van der Waals surface area contributed by atoms with Gasteiger partial charge in [-0.3, -0.25) is 9.59 Å². The SMILES string of the molecule is N#Cc1ccccc1N1CC(C(=O)Nc2cccc(C(F)(F)F)c2)CC1=O. The van der Waals surface area contributed by atoms with Gasteiger partial charge in [0.05, 0.1) is 22.7 Å². The zero-order chi connectivity index (χ0) is 19.6. The van der Waals surface area contributed by atoms with Gasteiger partial charge in [-0.2, -0.15) is 18.4 Å². The topological polar surface area (TPSA) is 73.2 Å². The Kier molecular flexibility index (Phi) is 4.86. The second-order valence-corrected chi connectivity index (χ2v) is 6.10. The average Bonchev–Trinajstić information content (AvgIpc) is 3.03. The van der Waals surface area contributed by atoms with E-state index >= 15 is 0 Å². The van der Waals surface area contributed by atoms with Crippen LogP contribution in [0.15, 0.2) is 48.5 Å². The number of nitrogens with one attached hydrogen (secondary N) is 1. The molecule has 2 aromatic rings. The predicted molar refractivity (Wildman–Crippen MR) is 91.7 cm³/mol. The van der Waals surface area contributed by atoms with Gasteiger partial charge in [0, 0.05) is 18.7 Å². The minimum Gasteiger partial charge on any atom is -0.326 e. The molecule has 1 unspecified atom stereocenters. The van der Waals surface area contributed by atoms with Gasteiger partial charge in [-0.05, 0) is 30.3 Å². The molecule has 5 nitrogen and oxygen atoms in total. The fourth-order valence-corrected chi connectivity index (χ4v) is 2.94. The quantitative estimate of drug-likeness (QED) is 0.894. The second-order valence-electron chi connectivity index (χ2n) is 6.10. The second kappa shape index (κ2) is 7.11. The van der Waals surface area contributed by atoms with E-state index in [1.54, 1.807) is 24.3 Å². The summed E-state index contributed by atoms with van der Waals surface area (Å²) in [5, 5.41) is 11.6. The summed E-state index contributed by atoms with van der Waals surface area (Å²) >= 11 is 0. The molecule has 1 saturated heterocycles. The van der Waals surface area contributed by atoms with Gasteiger partial charge in [0.15, 0.2) is 0 Å². The molecule has 0 bridgehead atoms. The number of alkyl halides is 3. The lowest BCUT2D eigenvalue weighted by Crippen LogP contribution is -2.28. The van der Waals surface area contributed by atoms with Crippen LogP contribution in [0.25, 0.3) is 0 Å². The van der Waals surface area contributed by atoms with E-state index in [4.69, 9.17) is 5.26 Å². The first-order valence-electron chi connectivity index (χ1n) is 8.07. The largest absolute Gasteiger partial charge is 0.416 e. The third kappa shape index (κ3) is 3.92. The monoisotopic (exact) mass is 373 g/mol. The molecule has 0 spiro atoms. The zero-order valence-electron chi connectivity index (χ0n) is 14.0. The van der Waals surface area contributed by atoms with E-state index < -0.39 is 23.6 Å². The highest BCUT2D eigenvalue weighted by Gasteiger charge is 2.36. The molecule has 1 aliphatic heterocycles. The highest BCUT2D eigenvalue weighted by atomic mass is 19.4. The van der Waals surface area contributed by atoms with Crippen molar-refractivity contribution in [2.45, 2.75) is 12.6 Å². The molecule has 1 heterocycles. The van der Waals surface area contributed by atoms with Crippen LogP contribution in [-0.4, -0.2) is 18.4 Å². The summed E-state index contributed by atoms with van der Waals surface area (Å²) < 4.78 is 38.3. The molecular weight excluding hydrogens is 359 g/mol. The Hall–Kier alpha value is -3.34. The molecule has 0 saturated carbocycles. The van der Waals surface area contributed by atoms with Gasteiger partial charge >= 0.3 is 6.18 Å². The van der Waals surface area contributed by atoms with Gasteiger partial charge in [0.2, 0.25) is 11.8 Å². The minimum atomic E-state index is -4.51. The van der Waals surface area contributed by atoms with E-state index in [2.05, 4.69) is 5.32 Å². The summed E-state index contributed by atoms with van der Waals surface area (Å²) in [7, 11) is 0. The maximum atomic E-state index is 12.8. The van der Waals surface area contributed by atoms with Gasteiger partial charge in [-0.15, -0.1) is 0 Å². The fourth-order valence-electron chi connectivity index (χ4n) is 2.94. The number of nitrogens with zero attached hydrogens (tertiary/aromatic N) is 2. The molecule has 2 aromatic carbocycles. The number of carbonyl (C=O) groups is 2. The first kappa shape index (κ1) is 18.5. The summed E-state index contributed by atoms with van der Waals surface area (Å²) in [5.74, 6) is -1.58. The maximum absolute atomic E-state index is 12.8. The van der Waals surface area contributed by atoms with Crippen molar-refractivity contribution >= 4 is 23.2 Å². The molecule has 0 radical (unpaired) electrons. The average molecular weight is 373 g/mol. The summed E-state index contributed by atoms with van der Waals surface area (Å²) in [5.41, 5.74) is -0.130. The molecule has 27 heavy (non-hydrogen) atoms. The molecular formula is C19H14F3N3O2. The molecule has 0 aromatic heterocycles. The molecule has 0 aliphatic carbocycles. The number of hydrogen-bond acceptors (Lipinski definition) is 3. The summed E-state index contributed by atoms with van der Waals surface area (Å²) in [4.78, 5) is 26.1. The molecule has 3 rings (SSSR count). The molecule has 1 N–H and O–H groups in total. The van der Waals surface area contributed by atoms with Gasteiger partial charge in [0.25, 0.3) is 0 Å². The third-order valence-electron chi connectivity index (χ3n) is 4.27. The van der Waals surface area contributed by atoms with Crippen molar-refractivity contribution in [1.82, 2.24) is 0 Å². The molecule has 2 amide bonds. The summed E-state index contributed by atoms with van der Waals surface area (Å²) in [6.45, 7) is 0.0579. The molecule has 1 aliphatic rings. The Bertz CT molecular complexity index is 934. The number of para-hydroxylation sites is 1. The van der Waals surface area contributed by atoms with Crippen LogP contribution in [-0.2, 0) is 15.8 Å². The van der Waals surface area contributed by atoms with Crippen molar-refractivity contribution in [2.24, 2.45) is 5.92 Å². The van der Waals surface area contributed by atoms with Crippen LogP contribution >= 0.6 is 0 Å². The molecule has 138 valence electrons. The lowest BCUT2D eigenvalue weighted by Gasteiger charge is -2.18. The molecule has 1 fully saturated rings. The van der Waals surface area contributed by atoms with Crippen molar-refractivity contribution in [3.8, 4) is 6.07 Å². The van der Waals surface area contributed by atoms with Crippen molar-refractivity contribution in [1.29, 1.82) is 5.26 Å². The lowest BCUT2D eigenvalue weighted by atomic mass is 10.1. The molecule has 8 heteroatoms. The van der Waals surface area contributed by atoms with E-state index in [0.717, 1.165) is 12.1 Å². The number of halogens is 3. The number of carbonyl (C=O) groups excluding carboxylic acids is 2. The van der Waals surface area contributed by atoms with E-state index in [-0.39, 0.29) is 24.6 Å². The minimum absolute atomic E-state index is 0.0122. The van der Waals surface area contributed by atoms with Crippen molar-refractivity contribution in [3.05, 3.63) is 59.7 Å². The van der Waals surface area contributed by atoms with Crippen molar-refractivity contribution in [2.75, 3.05) is 16.8 Å². The van der Waals surface area contributed by atoms with E-state index in [0.29, 0.717) is 11.3 Å². The number of rotatable bonds is 3. The van der Waals surface area contributed by atoms with Gasteiger partial charge in [0.1, 0.15) is 6.07 Å². The highest BCUT2D eigenvalue weighted by molar-refractivity contribution is 6.04. The van der Waals surface area contributed by atoms with E-state index in [1.165, 1.54) is 17.0 Å². The van der Waals surface area contributed by atoms with E-state index in [1.807, 2.05) is 6.07 Å². The number of benzene rings is 2.